The second-order valence-corrected chi connectivity index (χ2v) is 8.75. The minimum Gasteiger partial charge on any atom is -0.337 e. The molecule has 3 aromatic rings. The molecule has 1 atom stereocenters. The lowest BCUT2D eigenvalue weighted by Crippen LogP contribution is -2.49. The molecule has 0 radical (unpaired) electrons. The van der Waals surface area contributed by atoms with Crippen LogP contribution < -0.4 is 5.32 Å². The Kier molecular flexibility index (Phi) is 6.89. The molecule has 0 spiro atoms. The van der Waals surface area contributed by atoms with Gasteiger partial charge >= 0.3 is 0 Å². The average molecular weight is 454 g/mol. The van der Waals surface area contributed by atoms with Crippen molar-refractivity contribution in [3.8, 4) is 11.4 Å². The summed E-state index contributed by atoms with van der Waals surface area (Å²) in [5.74, 6) is 1.16. The molecule has 168 valence electrons. The predicted molar refractivity (Wildman–Crippen MR) is 126 cm³/mol. The number of hydrogen-bond acceptors (Lipinski definition) is 6. The number of aryl methyl sites for hydroxylation is 2. The second kappa shape index (κ2) is 9.81. The highest BCUT2D eigenvalue weighted by Crippen LogP contribution is 2.25. The predicted octanol–water partition coefficient (Wildman–Crippen LogP) is 4.32. The molecule has 2 aromatic carbocycles. The van der Waals surface area contributed by atoms with E-state index in [0.717, 1.165) is 37.3 Å². The number of amides is 1. The van der Waals surface area contributed by atoms with Crippen molar-refractivity contribution in [2.75, 3.05) is 38.0 Å². The van der Waals surface area contributed by atoms with Crippen LogP contribution in [0.2, 0.25) is 5.02 Å². The van der Waals surface area contributed by atoms with E-state index in [0.29, 0.717) is 29.0 Å². The molecule has 7 nitrogen and oxygen atoms in total. The van der Waals surface area contributed by atoms with Crippen LogP contribution in [0.3, 0.4) is 0 Å². The third-order valence-corrected chi connectivity index (χ3v) is 6.14. The number of rotatable bonds is 6. The van der Waals surface area contributed by atoms with Gasteiger partial charge < -0.3 is 9.84 Å². The van der Waals surface area contributed by atoms with Crippen molar-refractivity contribution in [3.63, 3.8) is 0 Å². The van der Waals surface area contributed by atoms with Gasteiger partial charge in [-0.05, 0) is 38.5 Å². The first kappa shape index (κ1) is 22.5. The lowest BCUT2D eigenvalue weighted by atomic mass is 10.1. The lowest BCUT2D eigenvalue weighted by molar-refractivity contribution is -0.117. The maximum Gasteiger partial charge on any atom is 0.244 e. The van der Waals surface area contributed by atoms with Gasteiger partial charge in [0.15, 0.2) is 0 Å². The number of aromatic nitrogens is 2. The molecule has 32 heavy (non-hydrogen) atoms. The topological polar surface area (TPSA) is 74.5 Å². The molecule has 4 rings (SSSR count). The number of benzene rings is 2. The Morgan fingerprint density at radius 3 is 2.47 bits per heavy atom. The molecule has 0 saturated carbocycles. The summed E-state index contributed by atoms with van der Waals surface area (Å²) >= 11 is 6.22. The maximum atomic E-state index is 12.5. The molecule has 0 aliphatic carbocycles. The maximum absolute atomic E-state index is 12.5. The van der Waals surface area contributed by atoms with Crippen molar-refractivity contribution >= 4 is 23.2 Å². The van der Waals surface area contributed by atoms with Crippen molar-refractivity contribution < 1.29 is 9.32 Å². The van der Waals surface area contributed by atoms with E-state index in [4.69, 9.17) is 16.1 Å². The summed E-state index contributed by atoms with van der Waals surface area (Å²) in [6.45, 7) is 9.66. The highest BCUT2D eigenvalue weighted by Gasteiger charge is 2.26. The third kappa shape index (κ3) is 5.35. The molecule has 0 bridgehead atoms. The van der Waals surface area contributed by atoms with Crippen LogP contribution in [-0.2, 0) is 4.79 Å². The van der Waals surface area contributed by atoms with E-state index >= 15 is 0 Å². The number of hydrogen-bond donors (Lipinski definition) is 1. The fraction of sp³-hybridized carbons (Fsp3) is 0.375. The molecule has 1 unspecified atom stereocenters. The SMILES string of the molecule is Cc1ccc(-c2noc(C(C)N3CCN(CC(=O)Nc4ccc(C)cc4Cl)CC3)n2)cc1. The number of nitrogens with one attached hydrogen (secondary N) is 1. The second-order valence-electron chi connectivity index (χ2n) is 8.34. The van der Waals surface area contributed by atoms with Gasteiger partial charge in [-0.3, -0.25) is 14.6 Å². The number of nitrogens with zero attached hydrogens (tertiary/aromatic N) is 4. The quantitative estimate of drug-likeness (QED) is 0.599. The summed E-state index contributed by atoms with van der Waals surface area (Å²) in [5, 5.41) is 7.62. The summed E-state index contributed by atoms with van der Waals surface area (Å²) in [4.78, 5) is 21.5. The number of anilines is 1. The number of carbonyl (C=O) groups excluding carboxylic acids is 1. The van der Waals surface area contributed by atoms with Gasteiger partial charge in [0, 0.05) is 31.7 Å². The van der Waals surface area contributed by atoms with Gasteiger partial charge in [0.25, 0.3) is 0 Å². The molecule has 2 heterocycles. The van der Waals surface area contributed by atoms with Crippen LogP contribution in [-0.4, -0.2) is 58.6 Å². The van der Waals surface area contributed by atoms with E-state index in [1.165, 1.54) is 5.56 Å². The molecule has 1 aliphatic heterocycles. The first-order chi connectivity index (χ1) is 15.4. The van der Waals surface area contributed by atoms with Crippen LogP contribution in [0.15, 0.2) is 47.0 Å². The largest absolute Gasteiger partial charge is 0.337 e. The van der Waals surface area contributed by atoms with Crippen LogP contribution in [0.1, 0.15) is 30.0 Å². The van der Waals surface area contributed by atoms with E-state index in [1.807, 2.05) is 49.4 Å². The van der Waals surface area contributed by atoms with E-state index in [-0.39, 0.29) is 11.9 Å². The van der Waals surface area contributed by atoms with Gasteiger partial charge in [0.1, 0.15) is 0 Å². The summed E-state index contributed by atoms with van der Waals surface area (Å²) in [5.41, 5.74) is 3.85. The fourth-order valence-electron chi connectivity index (χ4n) is 3.80. The van der Waals surface area contributed by atoms with Crippen LogP contribution in [0.25, 0.3) is 11.4 Å². The smallest absolute Gasteiger partial charge is 0.244 e. The van der Waals surface area contributed by atoms with E-state index in [1.54, 1.807) is 0 Å². The lowest BCUT2D eigenvalue weighted by Gasteiger charge is -2.36. The van der Waals surface area contributed by atoms with Gasteiger partial charge in [-0.2, -0.15) is 4.98 Å². The van der Waals surface area contributed by atoms with Crippen molar-refractivity contribution in [1.29, 1.82) is 0 Å². The number of halogens is 1. The van der Waals surface area contributed by atoms with Crippen LogP contribution in [0.5, 0.6) is 0 Å². The molecule has 1 fully saturated rings. The van der Waals surface area contributed by atoms with Crippen LogP contribution in [0, 0.1) is 13.8 Å². The molecule has 1 saturated heterocycles. The third-order valence-electron chi connectivity index (χ3n) is 5.83. The first-order valence-corrected chi connectivity index (χ1v) is 11.2. The molecule has 1 amide bonds. The Labute approximate surface area is 193 Å². The van der Waals surface area contributed by atoms with Crippen molar-refractivity contribution in [2.45, 2.75) is 26.8 Å². The van der Waals surface area contributed by atoms with Gasteiger partial charge in [0.2, 0.25) is 17.6 Å². The average Bonchev–Trinajstić information content (AvgIpc) is 3.26. The summed E-state index contributed by atoms with van der Waals surface area (Å²) < 4.78 is 5.55. The minimum absolute atomic E-state index is 0.0176. The molecule has 1 N–H and O–H groups in total. The Bertz CT molecular complexity index is 1070. The molecule has 1 aliphatic rings. The summed E-state index contributed by atoms with van der Waals surface area (Å²) in [7, 11) is 0. The Morgan fingerprint density at radius 1 is 1.09 bits per heavy atom. The van der Waals surface area contributed by atoms with Gasteiger partial charge in [-0.25, -0.2) is 0 Å². The van der Waals surface area contributed by atoms with Gasteiger partial charge in [-0.15, -0.1) is 0 Å². The first-order valence-electron chi connectivity index (χ1n) is 10.8. The monoisotopic (exact) mass is 453 g/mol. The molecular formula is C24H28ClN5O2. The normalized spacial score (nSPS) is 16.1. The minimum atomic E-state index is -0.0584. The van der Waals surface area contributed by atoms with Gasteiger partial charge in [0.05, 0.1) is 23.3 Å². The van der Waals surface area contributed by atoms with Gasteiger partial charge in [-0.1, -0.05) is 52.7 Å². The Hall–Kier alpha value is -2.74. The summed E-state index contributed by atoms with van der Waals surface area (Å²) in [6.07, 6.45) is 0. The van der Waals surface area contributed by atoms with Crippen molar-refractivity contribution in [3.05, 3.63) is 64.5 Å². The molecule has 1 aromatic heterocycles. The summed E-state index contributed by atoms with van der Waals surface area (Å²) in [6, 6.07) is 13.7. The number of piperazine rings is 1. The zero-order valence-corrected chi connectivity index (χ0v) is 19.4. The zero-order valence-electron chi connectivity index (χ0n) is 18.6. The van der Waals surface area contributed by atoms with E-state index < -0.39 is 0 Å². The Balaban J connectivity index is 1.28. The molecule has 8 heteroatoms. The van der Waals surface area contributed by atoms with E-state index in [2.05, 4.69) is 39.1 Å². The Morgan fingerprint density at radius 2 is 1.78 bits per heavy atom. The van der Waals surface area contributed by atoms with E-state index in [9.17, 15) is 4.79 Å². The van der Waals surface area contributed by atoms with Crippen LogP contribution in [0.4, 0.5) is 5.69 Å². The highest BCUT2D eigenvalue weighted by molar-refractivity contribution is 6.33. The number of carbonyl (C=O) groups is 1. The fourth-order valence-corrected chi connectivity index (χ4v) is 4.09. The van der Waals surface area contributed by atoms with Crippen molar-refractivity contribution in [1.82, 2.24) is 19.9 Å². The highest BCUT2D eigenvalue weighted by atomic mass is 35.5. The van der Waals surface area contributed by atoms with Crippen LogP contribution >= 0.6 is 11.6 Å². The van der Waals surface area contributed by atoms with Crippen molar-refractivity contribution in [2.24, 2.45) is 0 Å². The standard InChI is InChI=1S/C24H28ClN5O2/c1-16-4-7-19(8-5-16)23-27-24(32-28-23)18(3)30-12-10-29(11-13-30)15-22(31)26-21-9-6-17(2)14-20(21)25/h4-9,14,18H,10-13,15H2,1-3H3,(H,26,31). The zero-order chi connectivity index (χ0) is 22.7. The molecular weight excluding hydrogens is 426 g/mol.